The van der Waals surface area contributed by atoms with Crippen LogP contribution in [0.1, 0.15) is 0 Å². The third-order valence-corrected chi connectivity index (χ3v) is 5.36. The highest BCUT2D eigenvalue weighted by molar-refractivity contribution is 9.10. The fourth-order valence-corrected chi connectivity index (χ4v) is 4.32. The zero-order chi connectivity index (χ0) is 11.1. The lowest BCUT2D eigenvalue weighted by atomic mass is 10.1. The highest BCUT2D eigenvalue weighted by atomic mass is 79.9. The first-order valence-corrected chi connectivity index (χ1v) is 9.47. The third kappa shape index (κ3) is 2.01. The lowest BCUT2D eigenvalue weighted by Crippen LogP contribution is -2.38. The molecule has 0 aromatic heterocycles. The molecular formula is C13H15BrSi. The summed E-state index contributed by atoms with van der Waals surface area (Å²) in [5, 5.41) is 4.27. The molecule has 0 aliphatic rings. The van der Waals surface area contributed by atoms with Gasteiger partial charge in [-0.25, -0.2) is 0 Å². The van der Waals surface area contributed by atoms with E-state index in [-0.39, 0.29) is 0 Å². The maximum atomic E-state index is 3.66. The molecule has 0 saturated carbocycles. The van der Waals surface area contributed by atoms with Crippen molar-refractivity contribution in [3.05, 3.63) is 40.9 Å². The number of fused-ring (bicyclic) bond motifs is 1. The first-order chi connectivity index (χ1) is 7.00. The highest BCUT2D eigenvalue weighted by Gasteiger charge is 2.19. The van der Waals surface area contributed by atoms with Gasteiger partial charge in [0.15, 0.2) is 0 Å². The summed E-state index contributed by atoms with van der Waals surface area (Å²) in [7, 11) is -1.26. The van der Waals surface area contributed by atoms with Gasteiger partial charge in [0.05, 0.1) is 8.07 Å². The smallest absolute Gasteiger partial charge is 0.0656 e. The second-order valence-electron chi connectivity index (χ2n) is 4.89. The monoisotopic (exact) mass is 278 g/mol. The maximum absolute atomic E-state index is 3.66. The topological polar surface area (TPSA) is 0 Å². The van der Waals surface area contributed by atoms with Crippen LogP contribution < -0.4 is 5.19 Å². The Bertz CT molecular complexity index is 492. The molecule has 0 aliphatic carbocycles. The van der Waals surface area contributed by atoms with Crippen LogP contribution in [-0.4, -0.2) is 8.07 Å². The Morgan fingerprint density at radius 3 is 2.13 bits per heavy atom. The summed E-state index contributed by atoms with van der Waals surface area (Å²) in [6.07, 6.45) is 0. The number of hydrogen-bond donors (Lipinski definition) is 0. The van der Waals surface area contributed by atoms with Gasteiger partial charge < -0.3 is 0 Å². The van der Waals surface area contributed by atoms with Crippen LogP contribution in [-0.2, 0) is 0 Å². The molecule has 0 unspecified atom stereocenters. The Morgan fingerprint density at radius 2 is 1.53 bits per heavy atom. The van der Waals surface area contributed by atoms with Gasteiger partial charge >= 0.3 is 0 Å². The Kier molecular flexibility index (Phi) is 2.73. The van der Waals surface area contributed by atoms with Gasteiger partial charge in [0.1, 0.15) is 0 Å². The van der Waals surface area contributed by atoms with Crippen LogP contribution >= 0.6 is 15.9 Å². The van der Waals surface area contributed by atoms with Crippen molar-refractivity contribution in [2.45, 2.75) is 19.6 Å². The van der Waals surface area contributed by atoms with Crippen molar-refractivity contribution in [1.29, 1.82) is 0 Å². The molecule has 0 atom stereocenters. The molecule has 2 aromatic carbocycles. The second-order valence-corrected chi connectivity index (χ2v) is 10.8. The van der Waals surface area contributed by atoms with Gasteiger partial charge in [0.2, 0.25) is 0 Å². The predicted octanol–water partition coefficient (Wildman–Crippen LogP) is 4.15. The molecule has 0 spiro atoms. The summed E-state index contributed by atoms with van der Waals surface area (Å²) < 4.78 is 1.22. The van der Waals surface area contributed by atoms with E-state index in [1.165, 1.54) is 20.4 Å². The number of rotatable bonds is 1. The van der Waals surface area contributed by atoms with E-state index in [4.69, 9.17) is 0 Å². The van der Waals surface area contributed by atoms with Crippen LogP contribution in [0.15, 0.2) is 40.9 Å². The molecule has 2 heteroatoms. The van der Waals surface area contributed by atoms with Crippen LogP contribution in [0, 0.1) is 0 Å². The molecular weight excluding hydrogens is 264 g/mol. The van der Waals surface area contributed by atoms with Crippen molar-refractivity contribution in [2.24, 2.45) is 0 Å². The summed E-state index contributed by atoms with van der Waals surface area (Å²) in [5.41, 5.74) is 0. The molecule has 0 nitrogen and oxygen atoms in total. The minimum absolute atomic E-state index is 1.22. The summed E-state index contributed by atoms with van der Waals surface area (Å²) in [6.45, 7) is 7.17. The Balaban J connectivity index is 2.86. The molecule has 0 heterocycles. The average Bonchev–Trinajstić information content (AvgIpc) is 2.16. The van der Waals surface area contributed by atoms with Crippen molar-refractivity contribution in [2.75, 3.05) is 0 Å². The molecule has 2 rings (SSSR count). The number of benzene rings is 2. The van der Waals surface area contributed by atoms with E-state index in [2.05, 4.69) is 72.0 Å². The largest absolute Gasteiger partial charge is 0.0784 e. The predicted molar refractivity (Wildman–Crippen MR) is 74.6 cm³/mol. The Labute approximate surface area is 100 Å². The fourth-order valence-electron chi connectivity index (χ4n) is 1.92. The van der Waals surface area contributed by atoms with Gasteiger partial charge in [-0.1, -0.05) is 71.1 Å². The van der Waals surface area contributed by atoms with E-state index in [0.717, 1.165) is 0 Å². The van der Waals surface area contributed by atoms with Gasteiger partial charge in [-0.15, -0.1) is 0 Å². The Hall–Kier alpha value is -0.603. The van der Waals surface area contributed by atoms with Gasteiger partial charge in [-0.05, 0) is 16.8 Å². The Morgan fingerprint density at radius 1 is 0.933 bits per heavy atom. The van der Waals surface area contributed by atoms with Crippen molar-refractivity contribution < 1.29 is 0 Å². The third-order valence-electron chi connectivity index (χ3n) is 2.66. The molecule has 78 valence electrons. The first kappa shape index (κ1) is 10.9. The molecule has 0 amide bonds. The van der Waals surface area contributed by atoms with Crippen LogP contribution in [0.4, 0.5) is 0 Å². The maximum Gasteiger partial charge on any atom is 0.0784 e. The summed E-state index contributed by atoms with van der Waals surface area (Å²) in [6, 6.07) is 13.0. The summed E-state index contributed by atoms with van der Waals surface area (Å²) in [5.74, 6) is 0. The van der Waals surface area contributed by atoms with Crippen LogP contribution in [0.5, 0.6) is 0 Å². The zero-order valence-corrected chi connectivity index (χ0v) is 11.9. The zero-order valence-electron chi connectivity index (χ0n) is 9.34. The van der Waals surface area contributed by atoms with Crippen LogP contribution in [0.25, 0.3) is 10.8 Å². The van der Waals surface area contributed by atoms with Crippen molar-refractivity contribution >= 4 is 40.0 Å². The molecule has 0 N–H and O–H groups in total. The minimum Gasteiger partial charge on any atom is -0.0656 e. The average molecular weight is 279 g/mol. The van der Waals surface area contributed by atoms with Crippen LogP contribution in [0.2, 0.25) is 19.6 Å². The van der Waals surface area contributed by atoms with Crippen molar-refractivity contribution in [3.8, 4) is 0 Å². The molecule has 0 fully saturated rings. The van der Waals surface area contributed by atoms with Crippen LogP contribution in [0.3, 0.4) is 0 Å². The molecule has 15 heavy (non-hydrogen) atoms. The number of hydrogen-bond acceptors (Lipinski definition) is 0. The van der Waals surface area contributed by atoms with Gasteiger partial charge in [0, 0.05) is 4.47 Å². The lowest BCUT2D eigenvalue weighted by Gasteiger charge is -2.19. The van der Waals surface area contributed by atoms with Crippen molar-refractivity contribution in [3.63, 3.8) is 0 Å². The van der Waals surface area contributed by atoms with E-state index in [1.807, 2.05) is 0 Å². The lowest BCUT2D eigenvalue weighted by molar-refractivity contribution is 1.69. The SMILES string of the molecule is C[Si](C)(C)c1cccc2cccc(Br)c12. The molecule has 2 aromatic rings. The van der Waals surface area contributed by atoms with Gasteiger partial charge in [0.25, 0.3) is 0 Å². The number of halogens is 1. The van der Waals surface area contributed by atoms with E-state index < -0.39 is 8.07 Å². The van der Waals surface area contributed by atoms with Crippen molar-refractivity contribution in [1.82, 2.24) is 0 Å². The van der Waals surface area contributed by atoms with E-state index in [1.54, 1.807) is 0 Å². The van der Waals surface area contributed by atoms with E-state index in [0.29, 0.717) is 0 Å². The molecule has 0 radical (unpaired) electrons. The standard InChI is InChI=1S/C13H15BrSi/c1-15(2,3)12-9-5-7-10-6-4-8-11(14)13(10)12/h4-9H,1-3H3. The summed E-state index contributed by atoms with van der Waals surface area (Å²) >= 11 is 3.66. The van der Waals surface area contributed by atoms with E-state index >= 15 is 0 Å². The van der Waals surface area contributed by atoms with Gasteiger partial charge in [-0.2, -0.15) is 0 Å². The second kappa shape index (κ2) is 3.76. The van der Waals surface area contributed by atoms with Gasteiger partial charge in [-0.3, -0.25) is 0 Å². The molecule has 0 aliphatic heterocycles. The molecule has 0 saturated heterocycles. The fraction of sp³-hybridized carbons (Fsp3) is 0.231. The minimum atomic E-state index is -1.26. The molecule has 0 bridgehead atoms. The normalized spacial score (nSPS) is 12.0. The van der Waals surface area contributed by atoms with E-state index in [9.17, 15) is 0 Å². The quantitative estimate of drug-likeness (QED) is 0.688. The summed E-state index contributed by atoms with van der Waals surface area (Å²) in [4.78, 5) is 0. The highest BCUT2D eigenvalue weighted by Crippen LogP contribution is 2.24. The first-order valence-electron chi connectivity index (χ1n) is 5.18.